The Balaban J connectivity index is 2.42. The van der Waals surface area contributed by atoms with Crippen LogP contribution in [0, 0.1) is 0 Å². The van der Waals surface area contributed by atoms with Crippen LogP contribution >= 0.6 is 0 Å². The van der Waals surface area contributed by atoms with E-state index in [2.05, 4.69) is 16.0 Å². The molecule has 12 heavy (non-hydrogen) atoms. The van der Waals surface area contributed by atoms with Gasteiger partial charge in [-0.3, -0.25) is 0 Å². The van der Waals surface area contributed by atoms with Crippen LogP contribution in [0.3, 0.4) is 0 Å². The molecular formula is C6H10N4O2. The number of nitrogens with two attached hydrogens (primary N) is 1. The van der Waals surface area contributed by atoms with Crippen LogP contribution < -0.4 is 5.73 Å². The number of hydrogen-bond acceptors (Lipinski definition) is 2. The van der Waals surface area contributed by atoms with Crippen molar-refractivity contribution >= 4 is 12.1 Å². The summed E-state index contributed by atoms with van der Waals surface area (Å²) in [6.07, 6.45) is 1.97. The van der Waals surface area contributed by atoms with E-state index in [1.807, 2.05) is 0 Å². The Bertz CT molecular complexity index is 220. The molecule has 0 atom stereocenters. The molecule has 0 radical (unpaired) electrons. The lowest BCUT2D eigenvalue weighted by Crippen LogP contribution is -2.24. The molecule has 0 spiro atoms. The molecule has 66 valence electrons. The third-order valence-electron chi connectivity index (χ3n) is 1.61. The van der Waals surface area contributed by atoms with Gasteiger partial charge in [0, 0.05) is 13.1 Å². The van der Waals surface area contributed by atoms with Crippen LogP contribution in [-0.4, -0.2) is 30.1 Å². The van der Waals surface area contributed by atoms with E-state index in [0.717, 1.165) is 12.8 Å². The second-order valence-corrected chi connectivity index (χ2v) is 2.51. The van der Waals surface area contributed by atoms with Gasteiger partial charge >= 0.3 is 12.1 Å². The Morgan fingerprint density at radius 3 is 2.25 bits per heavy atom. The molecule has 0 bridgehead atoms. The molecular weight excluding hydrogens is 160 g/mol. The maximum absolute atomic E-state index is 11.0. The molecule has 6 nitrogen and oxygen atoms in total. The third kappa shape index (κ3) is 2.30. The van der Waals surface area contributed by atoms with Crippen molar-refractivity contribution in [1.29, 1.82) is 0 Å². The molecule has 4 amide bonds. The van der Waals surface area contributed by atoms with E-state index in [1.165, 1.54) is 4.90 Å². The highest BCUT2D eigenvalue weighted by atomic mass is 16.2. The summed E-state index contributed by atoms with van der Waals surface area (Å²) in [7, 11) is 0. The molecule has 0 saturated carbocycles. The van der Waals surface area contributed by atoms with Gasteiger partial charge in [-0.05, 0) is 12.8 Å². The minimum absolute atomic E-state index is 0.480. The van der Waals surface area contributed by atoms with Crippen LogP contribution in [0.15, 0.2) is 10.2 Å². The second-order valence-electron chi connectivity index (χ2n) is 2.51. The highest BCUT2D eigenvalue weighted by Crippen LogP contribution is 2.08. The van der Waals surface area contributed by atoms with E-state index in [4.69, 9.17) is 0 Å². The van der Waals surface area contributed by atoms with Gasteiger partial charge in [0.15, 0.2) is 0 Å². The van der Waals surface area contributed by atoms with Crippen molar-refractivity contribution in [3.63, 3.8) is 0 Å². The Labute approximate surface area is 69.4 Å². The van der Waals surface area contributed by atoms with Gasteiger partial charge < -0.3 is 10.6 Å². The molecule has 2 N–H and O–H groups in total. The first-order valence-electron chi connectivity index (χ1n) is 3.70. The largest absolute Gasteiger partial charge is 0.362 e. The number of nitrogens with zero attached hydrogens (tertiary/aromatic N) is 3. The first kappa shape index (κ1) is 8.63. The molecule has 1 saturated heterocycles. The summed E-state index contributed by atoms with van der Waals surface area (Å²) in [5.74, 6) is 0. The number of primary amides is 1. The molecule has 0 unspecified atom stereocenters. The summed E-state index contributed by atoms with van der Waals surface area (Å²) < 4.78 is 0. The predicted octanol–water partition coefficient (Wildman–Crippen LogP) is 0.733. The fourth-order valence-electron chi connectivity index (χ4n) is 1.06. The Kier molecular flexibility index (Phi) is 2.73. The molecule has 1 aliphatic heterocycles. The average molecular weight is 170 g/mol. The Morgan fingerprint density at radius 1 is 1.17 bits per heavy atom. The van der Waals surface area contributed by atoms with E-state index in [-0.39, 0.29) is 0 Å². The van der Waals surface area contributed by atoms with Crippen molar-refractivity contribution < 1.29 is 9.59 Å². The summed E-state index contributed by atoms with van der Waals surface area (Å²) in [5.41, 5.74) is 4.67. The fourth-order valence-corrected chi connectivity index (χ4v) is 1.06. The zero-order valence-corrected chi connectivity index (χ0v) is 6.56. The van der Waals surface area contributed by atoms with Crippen molar-refractivity contribution in [3.8, 4) is 0 Å². The highest BCUT2D eigenvalue weighted by Gasteiger charge is 2.17. The van der Waals surface area contributed by atoms with Gasteiger partial charge in [0.1, 0.15) is 0 Å². The maximum atomic E-state index is 11.0. The number of hydrogen-bond donors (Lipinski definition) is 1. The van der Waals surface area contributed by atoms with Crippen LogP contribution in [0.5, 0.6) is 0 Å². The van der Waals surface area contributed by atoms with Gasteiger partial charge in [-0.1, -0.05) is 10.2 Å². The quantitative estimate of drug-likeness (QED) is 0.543. The first-order chi connectivity index (χ1) is 5.70. The first-order valence-corrected chi connectivity index (χ1v) is 3.70. The summed E-state index contributed by atoms with van der Waals surface area (Å²) in [5, 5.41) is 6.08. The van der Waals surface area contributed by atoms with Crippen LogP contribution in [0.4, 0.5) is 9.59 Å². The predicted molar refractivity (Wildman–Crippen MR) is 40.6 cm³/mol. The van der Waals surface area contributed by atoms with Crippen LogP contribution in [0.25, 0.3) is 0 Å². The molecule has 1 aliphatic rings. The molecule has 0 aromatic rings. The van der Waals surface area contributed by atoms with Crippen LogP contribution in [0.2, 0.25) is 0 Å². The van der Waals surface area contributed by atoms with Gasteiger partial charge in [-0.25, -0.2) is 9.59 Å². The number of amides is 4. The Hall–Kier alpha value is -1.46. The molecule has 6 heteroatoms. The number of azo groups is 1. The van der Waals surface area contributed by atoms with Crippen molar-refractivity contribution in [2.75, 3.05) is 13.1 Å². The lowest BCUT2D eigenvalue weighted by atomic mass is 10.4. The lowest BCUT2D eigenvalue weighted by Gasteiger charge is -2.08. The number of likely N-dealkylation sites (tertiary alicyclic amines) is 1. The van der Waals surface area contributed by atoms with E-state index >= 15 is 0 Å². The van der Waals surface area contributed by atoms with Crippen molar-refractivity contribution in [2.24, 2.45) is 16.0 Å². The second kappa shape index (κ2) is 3.80. The number of carbonyl (C=O) groups is 2. The standard InChI is InChI=1S/C6H10N4O2/c7-5(11)8-9-6(12)10-3-1-2-4-10/h1-4H2,(H2,7,11). The molecule has 0 aliphatic carbocycles. The summed E-state index contributed by atoms with van der Waals surface area (Å²) >= 11 is 0. The normalized spacial score (nSPS) is 17.2. The van der Waals surface area contributed by atoms with Gasteiger partial charge in [0.25, 0.3) is 0 Å². The van der Waals surface area contributed by atoms with E-state index < -0.39 is 12.1 Å². The van der Waals surface area contributed by atoms with E-state index in [1.54, 1.807) is 0 Å². The van der Waals surface area contributed by atoms with Crippen molar-refractivity contribution in [3.05, 3.63) is 0 Å². The highest BCUT2D eigenvalue weighted by molar-refractivity contribution is 5.78. The van der Waals surface area contributed by atoms with Gasteiger partial charge in [0.2, 0.25) is 0 Å². The Morgan fingerprint density at radius 2 is 1.75 bits per heavy atom. The topological polar surface area (TPSA) is 88.1 Å². The molecule has 1 fully saturated rings. The maximum Gasteiger partial charge on any atom is 0.362 e. The van der Waals surface area contributed by atoms with Crippen LogP contribution in [-0.2, 0) is 0 Å². The number of rotatable bonds is 0. The van der Waals surface area contributed by atoms with Gasteiger partial charge in [-0.15, -0.1) is 0 Å². The smallest absolute Gasteiger partial charge is 0.348 e. The zero-order valence-electron chi connectivity index (χ0n) is 6.56. The summed E-state index contributed by atoms with van der Waals surface area (Å²) in [4.78, 5) is 22.7. The van der Waals surface area contributed by atoms with Crippen molar-refractivity contribution in [1.82, 2.24) is 4.90 Å². The molecule has 0 aromatic heterocycles. The van der Waals surface area contributed by atoms with Crippen LogP contribution in [0.1, 0.15) is 12.8 Å². The summed E-state index contributed by atoms with van der Waals surface area (Å²) in [6, 6.07) is -1.42. The number of urea groups is 2. The molecule has 0 aromatic carbocycles. The number of carbonyl (C=O) groups excluding carboxylic acids is 2. The van der Waals surface area contributed by atoms with Gasteiger partial charge in [0.05, 0.1) is 0 Å². The fraction of sp³-hybridized carbons (Fsp3) is 0.667. The van der Waals surface area contributed by atoms with E-state index in [0.29, 0.717) is 13.1 Å². The van der Waals surface area contributed by atoms with Gasteiger partial charge in [-0.2, -0.15) is 0 Å². The third-order valence-corrected chi connectivity index (χ3v) is 1.61. The monoisotopic (exact) mass is 170 g/mol. The van der Waals surface area contributed by atoms with Crippen molar-refractivity contribution in [2.45, 2.75) is 12.8 Å². The SMILES string of the molecule is NC(=O)N=NC(=O)N1CCCC1. The molecule has 1 heterocycles. The lowest BCUT2D eigenvalue weighted by molar-refractivity contribution is 0.216. The van der Waals surface area contributed by atoms with E-state index in [9.17, 15) is 9.59 Å². The zero-order chi connectivity index (χ0) is 8.97. The minimum atomic E-state index is -0.942. The minimum Gasteiger partial charge on any atom is -0.348 e. The average Bonchev–Trinajstić information content (AvgIpc) is 2.51. The molecule has 1 rings (SSSR count). The summed E-state index contributed by atoms with van der Waals surface area (Å²) in [6.45, 7) is 1.38.